The molecule has 0 spiro atoms. The molecule has 5 nitrogen and oxygen atoms in total. The standard InChI is InChI=1S/C46H91NO4/c1-3-5-7-9-11-13-15-17-18-19-20-21-22-23-24-25-26-27-29-31-33-35-37-39-41-45(50)47-43(42-48)46(51)44(49)40-38-36-34-32-30-28-16-14-12-10-8-6-4-2/h32,34,43-44,46,48-49,51H,3-31,33,35-42H2,1-2H3,(H,47,50)/b34-32+. The fourth-order valence-electron chi connectivity index (χ4n) is 7.28. The lowest BCUT2D eigenvalue weighted by Gasteiger charge is -2.26. The van der Waals surface area contributed by atoms with E-state index in [2.05, 4.69) is 31.3 Å². The number of hydrogen-bond acceptors (Lipinski definition) is 4. The van der Waals surface area contributed by atoms with Crippen LogP contribution < -0.4 is 5.32 Å². The second-order valence-corrected chi connectivity index (χ2v) is 16.0. The van der Waals surface area contributed by atoms with Gasteiger partial charge in [-0.3, -0.25) is 4.79 Å². The Balaban J connectivity index is 3.56. The zero-order valence-electron chi connectivity index (χ0n) is 34.5. The van der Waals surface area contributed by atoms with Crippen molar-refractivity contribution in [3.8, 4) is 0 Å². The normalized spacial score (nSPS) is 13.6. The average Bonchev–Trinajstić information content (AvgIpc) is 3.13. The highest BCUT2D eigenvalue weighted by Gasteiger charge is 2.26. The van der Waals surface area contributed by atoms with Gasteiger partial charge in [-0.1, -0.05) is 219 Å². The summed E-state index contributed by atoms with van der Waals surface area (Å²) in [5.74, 6) is -0.150. The Morgan fingerprint density at radius 2 is 0.784 bits per heavy atom. The summed E-state index contributed by atoms with van der Waals surface area (Å²) in [5, 5.41) is 33.5. The van der Waals surface area contributed by atoms with Crippen LogP contribution in [0.2, 0.25) is 0 Å². The fourth-order valence-corrected chi connectivity index (χ4v) is 7.28. The molecule has 0 fully saturated rings. The molecule has 0 bridgehead atoms. The quantitative estimate of drug-likeness (QED) is 0.0373. The summed E-state index contributed by atoms with van der Waals surface area (Å²) in [5.41, 5.74) is 0. The molecule has 0 saturated heterocycles. The highest BCUT2D eigenvalue weighted by molar-refractivity contribution is 5.76. The van der Waals surface area contributed by atoms with Gasteiger partial charge in [0.25, 0.3) is 0 Å². The maximum atomic E-state index is 12.4. The summed E-state index contributed by atoms with van der Waals surface area (Å²) in [7, 11) is 0. The van der Waals surface area contributed by atoms with Gasteiger partial charge in [-0.05, 0) is 38.5 Å². The largest absolute Gasteiger partial charge is 0.394 e. The molecule has 0 heterocycles. The van der Waals surface area contributed by atoms with Crippen molar-refractivity contribution in [1.82, 2.24) is 5.32 Å². The Morgan fingerprint density at radius 1 is 0.471 bits per heavy atom. The van der Waals surface area contributed by atoms with Gasteiger partial charge in [-0.2, -0.15) is 0 Å². The number of hydrogen-bond donors (Lipinski definition) is 4. The minimum Gasteiger partial charge on any atom is -0.394 e. The van der Waals surface area contributed by atoms with Crippen LogP contribution in [0.15, 0.2) is 12.2 Å². The van der Waals surface area contributed by atoms with E-state index in [9.17, 15) is 20.1 Å². The van der Waals surface area contributed by atoms with Crippen molar-refractivity contribution >= 4 is 5.91 Å². The van der Waals surface area contributed by atoms with Crippen LogP contribution in [0.25, 0.3) is 0 Å². The number of aliphatic hydroxyl groups excluding tert-OH is 3. The van der Waals surface area contributed by atoms with Crippen LogP contribution >= 0.6 is 0 Å². The van der Waals surface area contributed by atoms with Crippen molar-refractivity contribution < 1.29 is 20.1 Å². The van der Waals surface area contributed by atoms with E-state index >= 15 is 0 Å². The SMILES string of the molecule is CCCCCCCCCC/C=C/CCCC(O)C(O)C(CO)NC(=O)CCCCCCCCCCCCCCCCCCCCCCCCCC. The van der Waals surface area contributed by atoms with Crippen LogP contribution in [0.1, 0.15) is 251 Å². The fraction of sp³-hybridized carbons (Fsp3) is 0.935. The lowest BCUT2D eigenvalue weighted by atomic mass is 10.0. The van der Waals surface area contributed by atoms with E-state index < -0.39 is 18.2 Å². The molecule has 4 N–H and O–H groups in total. The van der Waals surface area contributed by atoms with Gasteiger partial charge in [0.1, 0.15) is 6.10 Å². The van der Waals surface area contributed by atoms with Gasteiger partial charge in [-0.15, -0.1) is 0 Å². The predicted molar refractivity (Wildman–Crippen MR) is 222 cm³/mol. The molecule has 304 valence electrons. The Bertz CT molecular complexity index is 713. The smallest absolute Gasteiger partial charge is 0.220 e. The highest BCUT2D eigenvalue weighted by Crippen LogP contribution is 2.17. The van der Waals surface area contributed by atoms with E-state index in [1.165, 1.54) is 186 Å². The molecule has 1 amide bonds. The number of nitrogens with one attached hydrogen (secondary N) is 1. The molecule has 0 aliphatic rings. The average molecular weight is 722 g/mol. The molecule has 0 saturated carbocycles. The number of carbonyl (C=O) groups is 1. The first-order chi connectivity index (χ1) is 25.1. The van der Waals surface area contributed by atoms with E-state index in [-0.39, 0.29) is 12.5 Å². The number of amides is 1. The van der Waals surface area contributed by atoms with Gasteiger partial charge in [0.05, 0.1) is 18.8 Å². The van der Waals surface area contributed by atoms with Crippen molar-refractivity contribution in [3.05, 3.63) is 12.2 Å². The third kappa shape index (κ3) is 37.2. The second kappa shape index (κ2) is 41.8. The molecule has 0 aromatic carbocycles. The number of unbranched alkanes of at least 4 members (excludes halogenated alkanes) is 32. The molecule has 3 atom stereocenters. The third-order valence-corrected chi connectivity index (χ3v) is 10.9. The van der Waals surface area contributed by atoms with Crippen LogP contribution in [0.5, 0.6) is 0 Å². The van der Waals surface area contributed by atoms with Crippen molar-refractivity contribution in [2.24, 2.45) is 0 Å². The molecule has 0 aliphatic heterocycles. The van der Waals surface area contributed by atoms with E-state index in [1.54, 1.807) is 0 Å². The first kappa shape index (κ1) is 50.1. The van der Waals surface area contributed by atoms with Gasteiger partial charge in [0, 0.05) is 6.42 Å². The summed E-state index contributed by atoms with van der Waals surface area (Å²) in [6.07, 6.45) is 49.1. The minimum absolute atomic E-state index is 0.150. The lowest BCUT2D eigenvalue weighted by molar-refractivity contribution is -0.124. The number of allylic oxidation sites excluding steroid dienone is 2. The first-order valence-electron chi connectivity index (χ1n) is 23.0. The zero-order valence-corrected chi connectivity index (χ0v) is 34.5. The topological polar surface area (TPSA) is 89.8 Å². The summed E-state index contributed by atoms with van der Waals surface area (Å²) < 4.78 is 0. The summed E-state index contributed by atoms with van der Waals surface area (Å²) in [4.78, 5) is 12.4. The van der Waals surface area contributed by atoms with Gasteiger partial charge in [0.15, 0.2) is 0 Å². The molecule has 5 heteroatoms. The Hall–Kier alpha value is -0.910. The Labute approximate surface area is 319 Å². The number of rotatable bonds is 42. The highest BCUT2D eigenvalue weighted by atomic mass is 16.3. The van der Waals surface area contributed by atoms with Gasteiger partial charge < -0.3 is 20.6 Å². The Kier molecular flexibility index (Phi) is 41.1. The van der Waals surface area contributed by atoms with E-state index in [0.717, 1.165) is 38.5 Å². The molecule has 0 aromatic heterocycles. The van der Waals surface area contributed by atoms with E-state index in [4.69, 9.17) is 0 Å². The third-order valence-electron chi connectivity index (χ3n) is 10.9. The van der Waals surface area contributed by atoms with Gasteiger partial charge in [-0.25, -0.2) is 0 Å². The van der Waals surface area contributed by atoms with Crippen molar-refractivity contribution in [1.29, 1.82) is 0 Å². The van der Waals surface area contributed by atoms with Crippen molar-refractivity contribution in [2.75, 3.05) is 6.61 Å². The molecule has 0 aliphatic carbocycles. The van der Waals surface area contributed by atoms with Gasteiger partial charge in [0.2, 0.25) is 5.91 Å². The van der Waals surface area contributed by atoms with Crippen LogP contribution in [0.3, 0.4) is 0 Å². The van der Waals surface area contributed by atoms with Crippen LogP contribution in [0.4, 0.5) is 0 Å². The maximum absolute atomic E-state index is 12.4. The lowest BCUT2D eigenvalue weighted by Crippen LogP contribution is -2.50. The van der Waals surface area contributed by atoms with Crippen LogP contribution in [0, 0.1) is 0 Å². The first-order valence-corrected chi connectivity index (χ1v) is 23.0. The van der Waals surface area contributed by atoms with Gasteiger partial charge >= 0.3 is 0 Å². The molecule has 51 heavy (non-hydrogen) atoms. The minimum atomic E-state index is -1.15. The summed E-state index contributed by atoms with van der Waals surface area (Å²) in [6, 6.07) is -0.820. The molecule has 0 rings (SSSR count). The van der Waals surface area contributed by atoms with Crippen molar-refractivity contribution in [2.45, 2.75) is 270 Å². The van der Waals surface area contributed by atoms with E-state index in [1.807, 2.05) is 0 Å². The monoisotopic (exact) mass is 722 g/mol. The molecule has 3 unspecified atom stereocenters. The van der Waals surface area contributed by atoms with E-state index in [0.29, 0.717) is 12.8 Å². The van der Waals surface area contributed by atoms with Crippen LogP contribution in [-0.4, -0.2) is 46.1 Å². The Morgan fingerprint density at radius 3 is 1.14 bits per heavy atom. The maximum Gasteiger partial charge on any atom is 0.220 e. The second-order valence-electron chi connectivity index (χ2n) is 16.0. The number of aliphatic hydroxyl groups is 3. The van der Waals surface area contributed by atoms with Crippen LogP contribution in [-0.2, 0) is 4.79 Å². The van der Waals surface area contributed by atoms with Crippen molar-refractivity contribution in [3.63, 3.8) is 0 Å². The predicted octanol–water partition coefficient (Wildman–Crippen LogP) is 13.2. The molecule has 0 radical (unpaired) electrons. The summed E-state index contributed by atoms with van der Waals surface area (Å²) >= 11 is 0. The molecular formula is C46H91NO4. The molecule has 0 aromatic rings. The zero-order chi connectivity index (χ0) is 37.3. The number of carbonyl (C=O) groups excluding carboxylic acids is 1. The summed E-state index contributed by atoms with van der Waals surface area (Å²) in [6.45, 7) is 4.17. The molecular weight excluding hydrogens is 631 g/mol.